The molecule has 2 aromatic rings. The van der Waals surface area contributed by atoms with Crippen molar-refractivity contribution in [3.8, 4) is 0 Å². The Morgan fingerprint density at radius 2 is 1.74 bits per heavy atom. The first-order chi connectivity index (χ1) is 8.99. The van der Waals surface area contributed by atoms with Gasteiger partial charge >= 0.3 is 0 Å². The van der Waals surface area contributed by atoms with E-state index in [2.05, 4.69) is 0 Å². The predicted molar refractivity (Wildman–Crippen MR) is 74.6 cm³/mol. The Labute approximate surface area is 113 Å². The fraction of sp³-hybridized carbons (Fsp3) is 0.200. The second-order valence-electron chi connectivity index (χ2n) is 4.52. The van der Waals surface area contributed by atoms with E-state index in [9.17, 15) is 13.5 Å². The van der Waals surface area contributed by atoms with E-state index >= 15 is 0 Å². The van der Waals surface area contributed by atoms with E-state index < -0.39 is 15.9 Å². The van der Waals surface area contributed by atoms with Crippen LogP contribution in [0, 0.1) is 6.92 Å². The lowest BCUT2D eigenvalue weighted by Crippen LogP contribution is -2.14. The third-order valence-electron chi connectivity index (χ3n) is 2.91. The highest BCUT2D eigenvalue weighted by molar-refractivity contribution is 7.91. The Kier molecular flexibility index (Phi) is 4.02. The molecular formula is C15H16O3S. The molecule has 0 aromatic heterocycles. The van der Waals surface area contributed by atoms with Gasteiger partial charge in [0.1, 0.15) is 0 Å². The lowest BCUT2D eigenvalue weighted by molar-refractivity contribution is 0.201. The van der Waals surface area contributed by atoms with Crippen LogP contribution in [0.5, 0.6) is 0 Å². The normalized spacial score (nSPS) is 13.2. The number of rotatable bonds is 4. The Morgan fingerprint density at radius 1 is 1.05 bits per heavy atom. The molecule has 0 amide bonds. The molecular weight excluding hydrogens is 260 g/mol. The molecule has 0 bridgehead atoms. The van der Waals surface area contributed by atoms with Crippen molar-refractivity contribution >= 4 is 9.84 Å². The highest BCUT2D eigenvalue weighted by Crippen LogP contribution is 2.20. The van der Waals surface area contributed by atoms with Gasteiger partial charge in [0, 0.05) is 0 Å². The van der Waals surface area contributed by atoms with Gasteiger partial charge in [0.05, 0.1) is 16.8 Å². The summed E-state index contributed by atoms with van der Waals surface area (Å²) in [6.45, 7) is 1.84. The Hall–Kier alpha value is -1.65. The molecule has 1 N–H and O–H groups in total. The molecule has 2 rings (SSSR count). The molecule has 0 spiro atoms. The van der Waals surface area contributed by atoms with E-state index in [1.807, 2.05) is 19.1 Å². The van der Waals surface area contributed by atoms with Crippen LogP contribution in [0.2, 0.25) is 0 Å². The van der Waals surface area contributed by atoms with Crippen LogP contribution in [0.15, 0.2) is 59.5 Å². The average molecular weight is 276 g/mol. The summed E-state index contributed by atoms with van der Waals surface area (Å²) in [5.41, 5.74) is 1.49. The number of aryl methyl sites for hydroxylation is 1. The minimum atomic E-state index is -3.48. The van der Waals surface area contributed by atoms with E-state index in [1.165, 1.54) is 0 Å². The molecule has 0 fully saturated rings. The molecule has 0 radical (unpaired) electrons. The summed E-state index contributed by atoms with van der Waals surface area (Å²) < 4.78 is 24.4. The number of sulfone groups is 1. The van der Waals surface area contributed by atoms with Crippen molar-refractivity contribution in [3.05, 3.63) is 65.7 Å². The van der Waals surface area contributed by atoms with Gasteiger partial charge in [0.2, 0.25) is 0 Å². The van der Waals surface area contributed by atoms with E-state index in [0.717, 1.165) is 5.56 Å². The lowest BCUT2D eigenvalue weighted by atomic mass is 10.1. The molecule has 1 unspecified atom stereocenters. The van der Waals surface area contributed by atoms with Crippen LogP contribution >= 0.6 is 0 Å². The van der Waals surface area contributed by atoms with Gasteiger partial charge in [-0.05, 0) is 30.2 Å². The van der Waals surface area contributed by atoms with Crippen molar-refractivity contribution in [2.24, 2.45) is 0 Å². The number of aliphatic hydroxyl groups is 1. The minimum absolute atomic E-state index is 0.252. The summed E-state index contributed by atoms with van der Waals surface area (Å²) >= 11 is 0. The summed E-state index contributed by atoms with van der Waals surface area (Å²) in [4.78, 5) is 0.252. The molecule has 0 aliphatic heterocycles. The molecule has 0 heterocycles. The molecule has 0 saturated heterocycles. The summed E-state index contributed by atoms with van der Waals surface area (Å²) in [6, 6.07) is 15.5. The highest BCUT2D eigenvalue weighted by Gasteiger charge is 2.20. The summed E-state index contributed by atoms with van der Waals surface area (Å²) in [5.74, 6) is -0.305. The zero-order valence-electron chi connectivity index (χ0n) is 10.7. The lowest BCUT2D eigenvalue weighted by Gasteiger charge is -2.12. The molecule has 0 saturated carbocycles. The van der Waals surface area contributed by atoms with Crippen LogP contribution in [-0.4, -0.2) is 19.3 Å². The van der Waals surface area contributed by atoms with Gasteiger partial charge in [0.15, 0.2) is 9.84 Å². The van der Waals surface area contributed by atoms with Crippen molar-refractivity contribution in [3.63, 3.8) is 0 Å². The van der Waals surface area contributed by atoms with Crippen LogP contribution < -0.4 is 0 Å². The molecule has 1 atom stereocenters. The van der Waals surface area contributed by atoms with Gasteiger partial charge in [-0.1, -0.05) is 42.5 Å². The Morgan fingerprint density at radius 3 is 2.37 bits per heavy atom. The van der Waals surface area contributed by atoms with Gasteiger partial charge in [-0.2, -0.15) is 0 Å². The third-order valence-corrected chi connectivity index (χ3v) is 4.64. The second kappa shape index (κ2) is 5.55. The van der Waals surface area contributed by atoms with Crippen molar-refractivity contribution in [1.29, 1.82) is 0 Å². The first-order valence-corrected chi connectivity index (χ1v) is 7.67. The van der Waals surface area contributed by atoms with Gasteiger partial charge in [-0.15, -0.1) is 0 Å². The number of hydrogen-bond acceptors (Lipinski definition) is 3. The van der Waals surface area contributed by atoms with E-state index in [4.69, 9.17) is 0 Å². The van der Waals surface area contributed by atoms with Crippen molar-refractivity contribution in [2.75, 3.05) is 5.75 Å². The molecule has 4 heteroatoms. The van der Waals surface area contributed by atoms with Gasteiger partial charge < -0.3 is 5.11 Å². The molecule has 2 aromatic carbocycles. The Balaban J connectivity index is 2.23. The minimum Gasteiger partial charge on any atom is -0.387 e. The van der Waals surface area contributed by atoms with E-state index in [-0.39, 0.29) is 10.6 Å². The largest absolute Gasteiger partial charge is 0.387 e. The van der Waals surface area contributed by atoms with Crippen molar-refractivity contribution in [1.82, 2.24) is 0 Å². The van der Waals surface area contributed by atoms with Crippen LogP contribution in [0.1, 0.15) is 17.2 Å². The second-order valence-corrected chi connectivity index (χ2v) is 6.56. The van der Waals surface area contributed by atoms with Crippen LogP contribution in [0.3, 0.4) is 0 Å². The summed E-state index contributed by atoms with van der Waals surface area (Å²) in [7, 11) is -3.48. The first kappa shape index (κ1) is 13.8. The maximum Gasteiger partial charge on any atom is 0.181 e. The monoisotopic (exact) mass is 276 g/mol. The first-order valence-electron chi connectivity index (χ1n) is 6.01. The quantitative estimate of drug-likeness (QED) is 0.933. The summed E-state index contributed by atoms with van der Waals surface area (Å²) in [6.07, 6.45) is -1.01. The van der Waals surface area contributed by atoms with Crippen molar-refractivity contribution < 1.29 is 13.5 Å². The summed E-state index contributed by atoms with van der Waals surface area (Å²) in [5, 5.41) is 10.0. The van der Waals surface area contributed by atoms with Gasteiger partial charge in [-0.3, -0.25) is 0 Å². The third kappa shape index (κ3) is 3.43. The van der Waals surface area contributed by atoms with Gasteiger partial charge in [-0.25, -0.2) is 8.42 Å². The van der Waals surface area contributed by atoms with Crippen LogP contribution in [0.25, 0.3) is 0 Å². The van der Waals surface area contributed by atoms with Crippen LogP contribution in [0.4, 0.5) is 0 Å². The highest BCUT2D eigenvalue weighted by atomic mass is 32.2. The maximum absolute atomic E-state index is 12.2. The SMILES string of the molecule is Cc1cccc(S(=O)(=O)CC(O)c2ccccc2)c1. The van der Waals surface area contributed by atoms with Crippen LogP contribution in [-0.2, 0) is 9.84 Å². The zero-order chi connectivity index (χ0) is 13.9. The molecule has 3 nitrogen and oxygen atoms in total. The predicted octanol–water partition coefficient (Wildman–Crippen LogP) is 2.50. The zero-order valence-corrected chi connectivity index (χ0v) is 11.5. The number of benzene rings is 2. The standard InChI is InChI=1S/C15H16O3S/c1-12-6-5-9-14(10-12)19(17,18)11-15(16)13-7-3-2-4-8-13/h2-10,15-16H,11H2,1H3. The van der Waals surface area contributed by atoms with Gasteiger partial charge in [0.25, 0.3) is 0 Å². The Bertz CT molecular complexity index is 648. The maximum atomic E-state index is 12.2. The number of hydrogen-bond donors (Lipinski definition) is 1. The topological polar surface area (TPSA) is 54.4 Å². The molecule has 0 aliphatic carbocycles. The fourth-order valence-electron chi connectivity index (χ4n) is 1.88. The fourth-order valence-corrected chi connectivity index (χ4v) is 3.34. The van der Waals surface area contributed by atoms with Crippen molar-refractivity contribution in [2.45, 2.75) is 17.9 Å². The van der Waals surface area contributed by atoms with E-state index in [0.29, 0.717) is 5.56 Å². The average Bonchev–Trinajstić information content (AvgIpc) is 2.39. The molecule has 100 valence electrons. The smallest absolute Gasteiger partial charge is 0.181 e. The molecule has 19 heavy (non-hydrogen) atoms. The molecule has 0 aliphatic rings. The number of aliphatic hydroxyl groups excluding tert-OH is 1. The van der Waals surface area contributed by atoms with E-state index in [1.54, 1.807) is 42.5 Å².